The molecule has 3 aromatic carbocycles. The Hall–Kier alpha value is -4.20. The Morgan fingerprint density at radius 2 is 1.25 bits per heavy atom. The lowest BCUT2D eigenvalue weighted by atomic mass is 10.0. The number of hydrogen-bond acceptors (Lipinski definition) is 4. The van der Waals surface area contributed by atoms with Crippen LogP contribution in [0.25, 0.3) is 39.5 Å². The number of halogens is 3. The Bertz CT molecular complexity index is 1290. The van der Waals surface area contributed by atoms with E-state index < -0.39 is 6.36 Å². The second kappa shape index (κ2) is 7.81. The van der Waals surface area contributed by atoms with Crippen LogP contribution in [0.4, 0.5) is 13.2 Å². The van der Waals surface area contributed by atoms with Crippen molar-refractivity contribution in [3.05, 3.63) is 91.1 Å². The highest BCUT2D eigenvalue weighted by atomic mass is 19.4. The van der Waals surface area contributed by atoms with Gasteiger partial charge in [-0.05, 0) is 24.3 Å². The van der Waals surface area contributed by atoms with Crippen LogP contribution in [0.5, 0.6) is 5.75 Å². The van der Waals surface area contributed by atoms with Crippen molar-refractivity contribution in [1.82, 2.24) is 19.6 Å². The molecule has 0 saturated carbocycles. The zero-order chi connectivity index (χ0) is 22.1. The van der Waals surface area contributed by atoms with Gasteiger partial charge in [-0.25, -0.2) is 14.5 Å². The molecule has 5 nitrogen and oxygen atoms in total. The summed E-state index contributed by atoms with van der Waals surface area (Å²) in [6, 6.07) is 24.9. The number of rotatable bonds is 4. The van der Waals surface area contributed by atoms with Gasteiger partial charge in [0.05, 0.1) is 11.9 Å². The molecule has 32 heavy (non-hydrogen) atoms. The summed E-state index contributed by atoms with van der Waals surface area (Å²) in [5.74, 6) is 0.0909. The first-order valence-electron chi connectivity index (χ1n) is 9.71. The van der Waals surface area contributed by atoms with Crippen molar-refractivity contribution in [2.75, 3.05) is 0 Å². The van der Waals surface area contributed by atoms with Crippen LogP contribution in [0.3, 0.4) is 0 Å². The molecule has 0 saturated heterocycles. The predicted molar refractivity (Wildman–Crippen MR) is 114 cm³/mol. The first kappa shape index (κ1) is 19.7. The summed E-state index contributed by atoms with van der Waals surface area (Å²) in [7, 11) is 0. The zero-order valence-electron chi connectivity index (χ0n) is 16.5. The third kappa shape index (κ3) is 4.02. The SMILES string of the molecule is FC(F)(F)Oc1ccc(-c2cn3nc(-c4ccccc4)c(-c4ccccc4)nc3n2)cc1. The van der Waals surface area contributed by atoms with Crippen molar-refractivity contribution in [2.24, 2.45) is 0 Å². The second-order valence-electron chi connectivity index (χ2n) is 6.98. The molecule has 0 radical (unpaired) electrons. The maximum atomic E-state index is 12.4. The van der Waals surface area contributed by atoms with Gasteiger partial charge in [-0.1, -0.05) is 60.7 Å². The van der Waals surface area contributed by atoms with Gasteiger partial charge in [0, 0.05) is 16.7 Å². The fourth-order valence-corrected chi connectivity index (χ4v) is 3.37. The fourth-order valence-electron chi connectivity index (χ4n) is 3.37. The average molecular weight is 432 g/mol. The van der Waals surface area contributed by atoms with Gasteiger partial charge in [-0.2, -0.15) is 5.10 Å². The summed E-state index contributed by atoms with van der Waals surface area (Å²) in [5, 5.41) is 4.75. The van der Waals surface area contributed by atoms with Crippen molar-refractivity contribution in [3.63, 3.8) is 0 Å². The van der Waals surface area contributed by atoms with E-state index in [4.69, 9.17) is 10.1 Å². The fraction of sp³-hybridized carbons (Fsp3) is 0.0417. The summed E-state index contributed by atoms with van der Waals surface area (Å²) in [5.41, 5.74) is 4.35. The second-order valence-corrected chi connectivity index (χ2v) is 6.98. The monoisotopic (exact) mass is 432 g/mol. The standard InChI is InChI=1S/C24H15F3N4O/c25-24(26,27)32-19-13-11-16(12-14-19)20-15-31-23(28-20)29-21(17-7-3-1-4-8-17)22(30-31)18-9-5-2-6-10-18/h1-15H. The summed E-state index contributed by atoms with van der Waals surface area (Å²) in [6.07, 6.45) is -3.04. The van der Waals surface area contributed by atoms with E-state index in [2.05, 4.69) is 9.72 Å². The molecule has 0 bridgehead atoms. The van der Waals surface area contributed by atoms with Crippen LogP contribution in [0, 0.1) is 0 Å². The van der Waals surface area contributed by atoms with Gasteiger partial charge in [0.25, 0.3) is 5.78 Å². The quantitative estimate of drug-likeness (QED) is 0.348. The van der Waals surface area contributed by atoms with E-state index in [1.165, 1.54) is 24.3 Å². The zero-order valence-corrected chi connectivity index (χ0v) is 16.5. The third-order valence-corrected chi connectivity index (χ3v) is 4.79. The molecule has 0 aliphatic rings. The average Bonchev–Trinajstić information content (AvgIpc) is 3.22. The van der Waals surface area contributed by atoms with E-state index in [-0.39, 0.29) is 5.75 Å². The Morgan fingerprint density at radius 3 is 1.84 bits per heavy atom. The van der Waals surface area contributed by atoms with E-state index in [1.807, 2.05) is 60.7 Å². The van der Waals surface area contributed by atoms with Gasteiger partial charge in [-0.15, -0.1) is 13.2 Å². The Kier molecular flexibility index (Phi) is 4.82. The molecular weight excluding hydrogens is 417 g/mol. The van der Waals surface area contributed by atoms with E-state index in [1.54, 1.807) is 10.7 Å². The maximum Gasteiger partial charge on any atom is 0.573 e. The Balaban J connectivity index is 1.60. The largest absolute Gasteiger partial charge is 0.573 e. The van der Waals surface area contributed by atoms with Gasteiger partial charge in [0.2, 0.25) is 0 Å². The predicted octanol–water partition coefficient (Wildman–Crippen LogP) is 6.02. The molecule has 2 aromatic heterocycles. The topological polar surface area (TPSA) is 52.3 Å². The summed E-state index contributed by atoms with van der Waals surface area (Å²) >= 11 is 0. The molecule has 0 unspecified atom stereocenters. The van der Waals surface area contributed by atoms with E-state index in [0.717, 1.165) is 11.1 Å². The van der Waals surface area contributed by atoms with Gasteiger partial charge in [-0.3, -0.25) is 0 Å². The molecule has 5 aromatic rings. The highest BCUT2D eigenvalue weighted by molar-refractivity contribution is 5.78. The minimum absolute atomic E-state index is 0.293. The van der Waals surface area contributed by atoms with Crippen LogP contribution < -0.4 is 4.74 Å². The number of benzene rings is 3. The van der Waals surface area contributed by atoms with Gasteiger partial charge >= 0.3 is 6.36 Å². The highest BCUT2D eigenvalue weighted by Gasteiger charge is 2.31. The molecule has 0 spiro atoms. The van der Waals surface area contributed by atoms with E-state index in [0.29, 0.717) is 28.4 Å². The maximum absolute atomic E-state index is 12.4. The van der Waals surface area contributed by atoms with Crippen LogP contribution >= 0.6 is 0 Å². The Morgan fingerprint density at radius 1 is 0.656 bits per heavy atom. The first-order valence-corrected chi connectivity index (χ1v) is 9.71. The minimum atomic E-state index is -4.74. The van der Waals surface area contributed by atoms with Crippen LogP contribution in [0.15, 0.2) is 91.1 Å². The lowest BCUT2D eigenvalue weighted by molar-refractivity contribution is -0.274. The molecule has 2 heterocycles. The number of aromatic nitrogens is 4. The number of imidazole rings is 1. The molecule has 0 amide bonds. The molecule has 0 fully saturated rings. The van der Waals surface area contributed by atoms with Gasteiger partial charge in [0.1, 0.15) is 17.1 Å². The number of ether oxygens (including phenoxy) is 1. The van der Waals surface area contributed by atoms with Crippen LogP contribution in [0.1, 0.15) is 0 Å². The smallest absolute Gasteiger partial charge is 0.406 e. The van der Waals surface area contributed by atoms with Crippen molar-refractivity contribution in [3.8, 4) is 39.5 Å². The van der Waals surface area contributed by atoms with Crippen LogP contribution in [-0.2, 0) is 0 Å². The third-order valence-electron chi connectivity index (χ3n) is 4.79. The normalized spacial score (nSPS) is 11.6. The van der Waals surface area contributed by atoms with Crippen molar-refractivity contribution >= 4 is 5.78 Å². The molecule has 0 aliphatic heterocycles. The summed E-state index contributed by atoms with van der Waals surface area (Å²) in [6.45, 7) is 0. The molecule has 8 heteroatoms. The summed E-state index contributed by atoms with van der Waals surface area (Å²) in [4.78, 5) is 9.28. The molecule has 5 rings (SSSR count). The molecule has 0 N–H and O–H groups in total. The molecule has 0 atom stereocenters. The van der Waals surface area contributed by atoms with Crippen LogP contribution in [-0.4, -0.2) is 25.9 Å². The van der Waals surface area contributed by atoms with Crippen molar-refractivity contribution < 1.29 is 17.9 Å². The van der Waals surface area contributed by atoms with Gasteiger partial charge < -0.3 is 4.74 Å². The minimum Gasteiger partial charge on any atom is -0.406 e. The Labute approximate surface area is 180 Å². The first-order chi connectivity index (χ1) is 15.5. The van der Waals surface area contributed by atoms with Crippen LogP contribution in [0.2, 0.25) is 0 Å². The number of nitrogens with zero attached hydrogens (tertiary/aromatic N) is 4. The van der Waals surface area contributed by atoms with E-state index in [9.17, 15) is 13.2 Å². The number of fused-ring (bicyclic) bond motifs is 1. The number of alkyl halides is 3. The summed E-state index contributed by atoms with van der Waals surface area (Å²) < 4.78 is 42.7. The lowest BCUT2D eigenvalue weighted by Gasteiger charge is -2.08. The van der Waals surface area contributed by atoms with E-state index >= 15 is 0 Å². The molecule has 158 valence electrons. The molecular formula is C24H15F3N4O. The highest BCUT2D eigenvalue weighted by Crippen LogP contribution is 2.30. The number of hydrogen-bond donors (Lipinski definition) is 0. The van der Waals surface area contributed by atoms with Crippen molar-refractivity contribution in [1.29, 1.82) is 0 Å². The van der Waals surface area contributed by atoms with Gasteiger partial charge in [0.15, 0.2) is 0 Å². The lowest BCUT2D eigenvalue weighted by Crippen LogP contribution is -2.16. The van der Waals surface area contributed by atoms with Crippen molar-refractivity contribution in [2.45, 2.75) is 6.36 Å². The molecule has 0 aliphatic carbocycles.